The molecule has 1 nitrogen and oxygen atoms in total. The van der Waals surface area contributed by atoms with Gasteiger partial charge in [0.05, 0.1) is 0 Å². The zero-order valence-corrected chi connectivity index (χ0v) is 10.8. The summed E-state index contributed by atoms with van der Waals surface area (Å²) in [6.45, 7) is 0. The van der Waals surface area contributed by atoms with Gasteiger partial charge in [-0.15, -0.1) is 24.8 Å². The Bertz CT molecular complexity index is 593. The number of hydrogen-bond acceptors (Lipinski definition) is 1. The van der Waals surface area contributed by atoms with E-state index < -0.39 is 12.2 Å². The lowest BCUT2D eigenvalue weighted by atomic mass is 10.00. The fraction of sp³-hybridized carbons (Fsp3) is 0.143. The van der Waals surface area contributed by atoms with Crippen molar-refractivity contribution in [2.24, 2.45) is 0 Å². The zero-order chi connectivity index (χ0) is 14.8. The number of benzene rings is 2. The van der Waals surface area contributed by atoms with Gasteiger partial charge >= 0.3 is 6.36 Å². The maximum Gasteiger partial charge on any atom is 0.573 e. The summed E-state index contributed by atoms with van der Waals surface area (Å²) >= 11 is 5.73. The number of rotatable bonds is 3. The van der Waals surface area contributed by atoms with Crippen molar-refractivity contribution >= 4 is 11.6 Å². The molecule has 0 heterocycles. The number of alkyl halides is 4. The molecule has 2 rings (SSSR count). The van der Waals surface area contributed by atoms with Crippen LogP contribution >= 0.6 is 11.6 Å². The van der Waals surface area contributed by atoms with Gasteiger partial charge in [0.1, 0.15) is 11.6 Å². The predicted octanol–water partition coefficient (Wildman–Crippen LogP) is 5.13. The summed E-state index contributed by atoms with van der Waals surface area (Å²) < 4.78 is 53.7. The smallest absolute Gasteiger partial charge is 0.406 e. The first-order valence-corrected chi connectivity index (χ1v) is 6.13. The van der Waals surface area contributed by atoms with E-state index in [0.717, 1.165) is 12.1 Å². The molecule has 20 heavy (non-hydrogen) atoms. The van der Waals surface area contributed by atoms with E-state index in [2.05, 4.69) is 4.74 Å². The van der Waals surface area contributed by atoms with Gasteiger partial charge in [-0.25, -0.2) is 4.39 Å². The molecule has 0 spiro atoms. The highest BCUT2D eigenvalue weighted by molar-refractivity contribution is 6.17. The molecule has 0 radical (unpaired) electrons. The Kier molecular flexibility index (Phi) is 4.18. The summed E-state index contributed by atoms with van der Waals surface area (Å²) in [5, 5.41) is 0. The maximum absolute atomic E-state index is 13.8. The third kappa shape index (κ3) is 3.42. The molecule has 0 aliphatic heterocycles. The monoisotopic (exact) mass is 304 g/mol. The molecular formula is C14H9ClF4O. The van der Waals surface area contributed by atoms with Crippen LogP contribution in [0.15, 0.2) is 42.5 Å². The van der Waals surface area contributed by atoms with Crippen LogP contribution in [0.2, 0.25) is 0 Å². The van der Waals surface area contributed by atoms with Gasteiger partial charge in [-0.2, -0.15) is 0 Å². The fourth-order valence-electron chi connectivity index (χ4n) is 1.83. The van der Waals surface area contributed by atoms with Crippen LogP contribution in [0.5, 0.6) is 5.75 Å². The van der Waals surface area contributed by atoms with Crippen molar-refractivity contribution in [3.05, 3.63) is 53.8 Å². The van der Waals surface area contributed by atoms with E-state index in [0.29, 0.717) is 11.1 Å². The van der Waals surface area contributed by atoms with Crippen molar-refractivity contribution in [2.75, 3.05) is 0 Å². The molecule has 0 amide bonds. The first kappa shape index (κ1) is 14.7. The molecule has 0 saturated heterocycles. The molecular weight excluding hydrogens is 296 g/mol. The first-order valence-electron chi connectivity index (χ1n) is 5.60. The molecule has 0 aliphatic rings. The molecule has 2 aromatic carbocycles. The van der Waals surface area contributed by atoms with Crippen LogP contribution in [-0.4, -0.2) is 6.36 Å². The highest BCUT2D eigenvalue weighted by Crippen LogP contribution is 2.30. The Labute approximate surface area is 117 Å². The van der Waals surface area contributed by atoms with Crippen molar-refractivity contribution in [1.82, 2.24) is 0 Å². The van der Waals surface area contributed by atoms with E-state index in [4.69, 9.17) is 11.6 Å². The fourth-order valence-corrected chi connectivity index (χ4v) is 2.05. The van der Waals surface area contributed by atoms with Crippen LogP contribution in [0, 0.1) is 5.82 Å². The van der Waals surface area contributed by atoms with Gasteiger partial charge < -0.3 is 4.74 Å². The Morgan fingerprint density at radius 3 is 2.20 bits per heavy atom. The number of halogens is 5. The lowest BCUT2D eigenvalue weighted by Gasteiger charge is -2.11. The molecule has 0 unspecified atom stereocenters. The van der Waals surface area contributed by atoms with Crippen molar-refractivity contribution in [3.8, 4) is 16.9 Å². The summed E-state index contributed by atoms with van der Waals surface area (Å²) in [4.78, 5) is 0. The predicted molar refractivity (Wildman–Crippen MR) is 68.1 cm³/mol. The van der Waals surface area contributed by atoms with E-state index in [9.17, 15) is 17.6 Å². The Morgan fingerprint density at radius 2 is 1.65 bits per heavy atom. The summed E-state index contributed by atoms with van der Waals surface area (Å²) in [6, 6.07) is 9.43. The molecule has 0 N–H and O–H groups in total. The van der Waals surface area contributed by atoms with Gasteiger partial charge in [-0.05, 0) is 29.3 Å². The second-order valence-electron chi connectivity index (χ2n) is 3.98. The van der Waals surface area contributed by atoms with Gasteiger partial charge in [-0.1, -0.05) is 24.3 Å². The second-order valence-corrected chi connectivity index (χ2v) is 4.25. The minimum absolute atomic E-state index is 0.105. The summed E-state index contributed by atoms with van der Waals surface area (Å²) in [5.41, 5.74) is 1.28. The number of ether oxygens (including phenoxy) is 1. The van der Waals surface area contributed by atoms with E-state index in [-0.39, 0.29) is 17.2 Å². The van der Waals surface area contributed by atoms with E-state index in [1.807, 2.05) is 0 Å². The number of hydrogen-bond donors (Lipinski definition) is 0. The third-order valence-corrected chi connectivity index (χ3v) is 2.91. The summed E-state index contributed by atoms with van der Waals surface area (Å²) in [7, 11) is 0. The topological polar surface area (TPSA) is 9.23 Å². The van der Waals surface area contributed by atoms with Crippen LogP contribution in [0.4, 0.5) is 17.6 Å². The quantitative estimate of drug-likeness (QED) is 0.564. The van der Waals surface area contributed by atoms with Gasteiger partial charge in [-0.3, -0.25) is 0 Å². The normalized spacial score (nSPS) is 11.4. The van der Waals surface area contributed by atoms with Gasteiger partial charge in [0.15, 0.2) is 0 Å². The molecule has 0 saturated carbocycles. The minimum atomic E-state index is -4.75. The van der Waals surface area contributed by atoms with Gasteiger partial charge in [0.25, 0.3) is 0 Å². The van der Waals surface area contributed by atoms with Crippen LogP contribution < -0.4 is 4.74 Å². The highest BCUT2D eigenvalue weighted by atomic mass is 35.5. The Morgan fingerprint density at radius 1 is 1.00 bits per heavy atom. The Balaban J connectivity index is 2.36. The highest BCUT2D eigenvalue weighted by Gasteiger charge is 2.31. The van der Waals surface area contributed by atoms with Crippen LogP contribution in [-0.2, 0) is 5.88 Å². The van der Waals surface area contributed by atoms with Gasteiger partial charge in [0, 0.05) is 11.4 Å². The van der Waals surface area contributed by atoms with Crippen molar-refractivity contribution in [3.63, 3.8) is 0 Å². The minimum Gasteiger partial charge on any atom is -0.406 e. The molecule has 0 aliphatic carbocycles. The molecule has 106 valence electrons. The van der Waals surface area contributed by atoms with Crippen molar-refractivity contribution < 1.29 is 22.3 Å². The van der Waals surface area contributed by atoms with Crippen LogP contribution in [0.3, 0.4) is 0 Å². The van der Waals surface area contributed by atoms with E-state index in [1.165, 1.54) is 24.3 Å². The molecule has 6 heteroatoms. The lowest BCUT2D eigenvalue weighted by Crippen LogP contribution is -2.16. The van der Waals surface area contributed by atoms with Crippen molar-refractivity contribution in [1.29, 1.82) is 0 Å². The summed E-state index contributed by atoms with van der Waals surface area (Å²) in [6.07, 6.45) is -4.75. The largest absolute Gasteiger partial charge is 0.573 e. The maximum atomic E-state index is 13.8. The van der Waals surface area contributed by atoms with Gasteiger partial charge in [0.2, 0.25) is 0 Å². The summed E-state index contributed by atoms with van der Waals surface area (Å²) in [5.74, 6) is -0.730. The first-order chi connectivity index (χ1) is 9.40. The molecule has 0 aromatic heterocycles. The lowest BCUT2D eigenvalue weighted by molar-refractivity contribution is -0.274. The molecule has 0 bridgehead atoms. The molecule has 2 aromatic rings. The molecule has 0 atom stereocenters. The average Bonchev–Trinajstić information content (AvgIpc) is 2.38. The molecule has 0 fully saturated rings. The van der Waals surface area contributed by atoms with Crippen molar-refractivity contribution in [2.45, 2.75) is 12.2 Å². The Hall–Kier alpha value is -1.75. The van der Waals surface area contributed by atoms with E-state index >= 15 is 0 Å². The van der Waals surface area contributed by atoms with E-state index in [1.54, 1.807) is 6.07 Å². The second kappa shape index (κ2) is 5.71. The SMILES string of the molecule is Fc1cccc(CCl)c1-c1ccc(OC(F)(F)F)cc1. The van der Waals surface area contributed by atoms with Crippen LogP contribution in [0.25, 0.3) is 11.1 Å². The average molecular weight is 305 g/mol. The van der Waals surface area contributed by atoms with Crippen LogP contribution in [0.1, 0.15) is 5.56 Å². The standard InChI is InChI=1S/C14H9ClF4O/c15-8-10-2-1-3-12(16)13(10)9-4-6-11(7-5-9)20-14(17,18)19/h1-7H,8H2. The third-order valence-electron chi connectivity index (χ3n) is 2.62. The zero-order valence-electron chi connectivity index (χ0n) is 10.0.